The molecular formula is C22H29N. The summed E-state index contributed by atoms with van der Waals surface area (Å²) in [7, 11) is 0. The highest BCUT2D eigenvalue weighted by Gasteiger charge is 2.19. The number of benzene rings is 2. The summed E-state index contributed by atoms with van der Waals surface area (Å²) in [6.07, 6.45) is 6.87. The smallest absolute Gasteiger partial charge is 0.0400 e. The van der Waals surface area contributed by atoms with Crippen LogP contribution in [0, 0.1) is 0 Å². The molecule has 0 saturated heterocycles. The number of rotatable bonds is 5. The molecule has 0 aromatic heterocycles. The summed E-state index contributed by atoms with van der Waals surface area (Å²) in [5.41, 5.74) is 5.70. The minimum atomic E-state index is 0.598. The van der Waals surface area contributed by atoms with E-state index in [0.717, 1.165) is 12.5 Å². The van der Waals surface area contributed by atoms with Crippen molar-refractivity contribution in [2.24, 2.45) is 0 Å². The largest absolute Gasteiger partial charge is 0.381 e. The fourth-order valence-electron chi connectivity index (χ4n) is 3.65. The maximum atomic E-state index is 3.69. The molecule has 0 spiro atoms. The van der Waals surface area contributed by atoms with Gasteiger partial charge in [0.15, 0.2) is 0 Å². The van der Waals surface area contributed by atoms with Gasteiger partial charge in [0.05, 0.1) is 0 Å². The Morgan fingerprint density at radius 1 is 0.957 bits per heavy atom. The highest BCUT2D eigenvalue weighted by atomic mass is 14.9. The lowest BCUT2D eigenvalue weighted by Crippen LogP contribution is -2.10. The van der Waals surface area contributed by atoms with Gasteiger partial charge in [0.1, 0.15) is 0 Å². The van der Waals surface area contributed by atoms with Crippen LogP contribution in [0.5, 0.6) is 0 Å². The van der Waals surface area contributed by atoms with E-state index in [1.165, 1.54) is 48.9 Å². The maximum Gasteiger partial charge on any atom is 0.0400 e. The van der Waals surface area contributed by atoms with E-state index in [0.29, 0.717) is 5.92 Å². The van der Waals surface area contributed by atoms with Crippen LogP contribution in [0.3, 0.4) is 0 Å². The number of hydrogen-bond acceptors (Lipinski definition) is 1. The van der Waals surface area contributed by atoms with Crippen LogP contribution < -0.4 is 5.32 Å². The van der Waals surface area contributed by atoms with E-state index in [9.17, 15) is 0 Å². The summed E-state index contributed by atoms with van der Waals surface area (Å²) in [6, 6.07) is 17.8. The Labute approximate surface area is 141 Å². The SMILES string of the molecule is CC(C)c1ccc(NCc2ccccc2)c(C2CCCCC2)c1. The molecule has 1 saturated carbocycles. The zero-order valence-electron chi connectivity index (χ0n) is 14.5. The maximum absolute atomic E-state index is 3.69. The Kier molecular flexibility index (Phi) is 5.38. The summed E-state index contributed by atoms with van der Waals surface area (Å²) >= 11 is 0. The van der Waals surface area contributed by atoms with Gasteiger partial charge in [-0.05, 0) is 47.4 Å². The van der Waals surface area contributed by atoms with Crippen molar-refractivity contribution in [3.05, 3.63) is 65.2 Å². The quantitative estimate of drug-likeness (QED) is 0.667. The number of anilines is 1. The molecule has 0 amide bonds. The van der Waals surface area contributed by atoms with Crippen LogP contribution >= 0.6 is 0 Å². The average Bonchev–Trinajstić information content (AvgIpc) is 2.61. The van der Waals surface area contributed by atoms with E-state index < -0.39 is 0 Å². The van der Waals surface area contributed by atoms with Crippen LogP contribution in [-0.4, -0.2) is 0 Å². The molecule has 3 rings (SSSR count). The standard InChI is InChI=1S/C22H29N/c1-17(2)20-13-14-22(23-16-18-9-5-3-6-10-18)21(15-20)19-11-7-4-8-12-19/h3,5-6,9-10,13-15,17,19,23H,4,7-8,11-12,16H2,1-2H3. The molecule has 0 bridgehead atoms. The van der Waals surface area contributed by atoms with Gasteiger partial charge in [0.2, 0.25) is 0 Å². The normalized spacial score (nSPS) is 15.8. The third kappa shape index (κ3) is 4.16. The molecule has 2 aromatic rings. The molecular weight excluding hydrogens is 278 g/mol. The molecule has 0 heterocycles. The van der Waals surface area contributed by atoms with Gasteiger partial charge >= 0.3 is 0 Å². The zero-order chi connectivity index (χ0) is 16.1. The van der Waals surface area contributed by atoms with Crippen LogP contribution in [0.15, 0.2) is 48.5 Å². The van der Waals surface area contributed by atoms with Crippen molar-refractivity contribution in [2.75, 3.05) is 5.32 Å². The summed E-state index contributed by atoms with van der Waals surface area (Å²) in [5.74, 6) is 1.33. The first kappa shape index (κ1) is 16.1. The van der Waals surface area contributed by atoms with Gasteiger partial charge in [-0.3, -0.25) is 0 Å². The second-order valence-electron chi connectivity index (χ2n) is 7.18. The molecule has 23 heavy (non-hydrogen) atoms. The fraction of sp³-hybridized carbons (Fsp3) is 0.455. The first-order chi connectivity index (χ1) is 11.2. The van der Waals surface area contributed by atoms with Gasteiger partial charge in [0.25, 0.3) is 0 Å². The van der Waals surface area contributed by atoms with Crippen molar-refractivity contribution in [2.45, 2.75) is 64.3 Å². The van der Waals surface area contributed by atoms with E-state index in [-0.39, 0.29) is 0 Å². The van der Waals surface area contributed by atoms with Crippen molar-refractivity contribution >= 4 is 5.69 Å². The molecule has 1 N–H and O–H groups in total. The summed E-state index contributed by atoms with van der Waals surface area (Å²) in [6.45, 7) is 5.48. The highest BCUT2D eigenvalue weighted by molar-refractivity contribution is 5.55. The molecule has 1 aliphatic rings. The second-order valence-corrected chi connectivity index (χ2v) is 7.18. The van der Waals surface area contributed by atoms with Crippen LogP contribution in [-0.2, 0) is 6.54 Å². The third-order valence-corrected chi connectivity index (χ3v) is 5.11. The Balaban J connectivity index is 1.82. The second kappa shape index (κ2) is 7.68. The van der Waals surface area contributed by atoms with Gasteiger partial charge in [-0.2, -0.15) is 0 Å². The van der Waals surface area contributed by atoms with Gasteiger partial charge in [-0.25, -0.2) is 0 Å². The lowest BCUT2D eigenvalue weighted by atomic mass is 9.82. The van der Waals surface area contributed by atoms with Gasteiger partial charge in [-0.1, -0.05) is 75.6 Å². The molecule has 1 aliphatic carbocycles. The van der Waals surface area contributed by atoms with Crippen molar-refractivity contribution in [1.82, 2.24) is 0 Å². The first-order valence-electron chi connectivity index (χ1n) is 9.15. The summed E-state index contributed by atoms with van der Waals surface area (Å²) < 4.78 is 0. The third-order valence-electron chi connectivity index (χ3n) is 5.11. The zero-order valence-corrected chi connectivity index (χ0v) is 14.5. The molecule has 0 unspecified atom stereocenters. The predicted octanol–water partition coefficient (Wildman–Crippen LogP) is 6.47. The molecule has 1 heteroatoms. The lowest BCUT2D eigenvalue weighted by Gasteiger charge is -2.26. The summed E-state index contributed by atoms with van der Waals surface area (Å²) in [5, 5.41) is 3.69. The van der Waals surface area contributed by atoms with Crippen LogP contribution in [0.25, 0.3) is 0 Å². The number of nitrogens with one attached hydrogen (secondary N) is 1. The van der Waals surface area contributed by atoms with Crippen LogP contribution in [0.2, 0.25) is 0 Å². The van der Waals surface area contributed by atoms with Gasteiger partial charge < -0.3 is 5.32 Å². The fourth-order valence-corrected chi connectivity index (χ4v) is 3.65. The van der Waals surface area contributed by atoms with Crippen LogP contribution in [0.1, 0.15) is 74.5 Å². The van der Waals surface area contributed by atoms with Crippen LogP contribution in [0.4, 0.5) is 5.69 Å². The number of hydrogen-bond donors (Lipinski definition) is 1. The topological polar surface area (TPSA) is 12.0 Å². The van der Waals surface area contributed by atoms with E-state index in [4.69, 9.17) is 0 Å². The van der Waals surface area contributed by atoms with Crippen molar-refractivity contribution in [3.63, 3.8) is 0 Å². The minimum Gasteiger partial charge on any atom is -0.381 e. The van der Waals surface area contributed by atoms with Gasteiger partial charge in [-0.15, -0.1) is 0 Å². The Bertz CT molecular complexity index is 609. The van der Waals surface area contributed by atoms with E-state index >= 15 is 0 Å². The first-order valence-corrected chi connectivity index (χ1v) is 9.15. The minimum absolute atomic E-state index is 0.598. The van der Waals surface area contributed by atoms with Crippen molar-refractivity contribution in [1.29, 1.82) is 0 Å². The molecule has 2 aromatic carbocycles. The predicted molar refractivity (Wildman–Crippen MR) is 100 cm³/mol. The van der Waals surface area contributed by atoms with E-state index in [1.807, 2.05) is 0 Å². The summed E-state index contributed by atoms with van der Waals surface area (Å²) in [4.78, 5) is 0. The average molecular weight is 307 g/mol. The Morgan fingerprint density at radius 2 is 1.70 bits per heavy atom. The lowest BCUT2D eigenvalue weighted by molar-refractivity contribution is 0.444. The van der Waals surface area contributed by atoms with Gasteiger partial charge in [0, 0.05) is 12.2 Å². The van der Waals surface area contributed by atoms with E-state index in [1.54, 1.807) is 5.56 Å². The Morgan fingerprint density at radius 3 is 2.39 bits per heavy atom. The molecule has 1 fully saturated rings. The Hall–Kier alpha value is -1.76. The molecule has 0 atom stereocenters. The molecule has 1 nitrogen and oxygen atoms in total. The van der Waals surface area contributed by atoms with E-state index in [2.05, 4.69) is 67.7 Å². The monoisotopic (exact) mass is 307 g/mol. The molecule has 0 aliphatic heterocycles. The highest BCUT2D eigenvalue weighted by Crippen LogP contribution is 2.38. The molecule has 122 valence electrons. The van der Waals surface area contributed by atoms with Crippen molar-refractivity contribution in [3.8, 4) is 0 Å². The molecule has 0 radical (unpaired) electrons. The van der Waals surface area contributed by atoms with Crippen molar-refractivity contribution < 1.29 is 0 Å².